The second-order valence-corrected chi connectivity index (χ2v) is 5.95. The zero-order valence-corrected chi connectivity index (χ0v) is 13.2. The Morgan fingerprint density at radius 1 is 1.52 bits per heavy atom. The Balaban J connectivity index is 1.71. The first kappa shape index (κ1) is 14.5. The summed E-state index contributed by atoms with van der Waals surface area (Å²) in [7, 11) is 0. The van der Waals surface area contributed by atoms with E-state index in [4.69, 9.17) is 16.1 Å². The third-order valence-electron chi connectivity index (χ3n) is 3.18. The van der Waals surface area contributed by atoms with Crippen molar-refractivity contribution in [3.05, 3.63) is 39.4 Å². The van der Waals surface area contributed by atoms with Crippen molar-refractivity contribution in [3.63, 3.8) is 0 Å². The van der Waals surface area contributed by atoms with Gasteiger partial charge < -0.3 is 15.2 Å². The molecule has 21 heavy (non-hydrogen) atoms. The minimum Gasteiger partial charge on any atom is -0.337 e. The Morgan fingerprint density at radius 3 is 3.10 bits per heavy atom. The summed E-state index contributed by atoms with van der Waals surface area (Å²) in [6.07, 6.45) is 2.00. The lowest BCUT2D eigenvalue weighted by Crippen LogP contribution is -2.15. The average Bonchev–Trinajstić information content (AvgIpc) is 3.12. The van der Waals surface area contributed by atoms with Crippen LogP contribution < -0.4 is 10.6 Å². The molecule has 2 aromatic rings. The quantitative estimate of drug-likeness (QED) is 0.866. The number of rotatable bonds is 3. The highest BCUT2D eigenvalue weighted by Gasteiger charge is 2.24. The molecule has 1 atom stereocenters. The number of amides is 1. The second-order valence-electron chi connectivity index (χ2n) is 4.69. The van der Waals surface area contributed by atoms with Crippen LogP contribution >= 0.6 is 27.5 Å². The average molecular weight is 372 g/mol. The van der Waals surface area contributed by atoms with E-state index in [0.29, 0.717) is 16.6 Å². The van der Waals surface area contributed by atoms with Crippen LogP contribution in [-0.4, -0.2) is 22.6 Å². The number of aromatic nitrogens is 2. The van der Waals surface area contributed by atoms with Crippen molar-refractivity contribution in [2.45, 2.75) is 18.9 Å². The van der Waals surface area contributed by atoms with Crippen molar-refractivity contribution in [3.8, 4) is 0 Å². The van der Waals surface area contributed by atoms with Crippen LogP contribution in [0.2, 0.25) is 5.02 Å². The van der Waals surface area contributed by atoms with E-state index < -0.39 is 5.91 Å². The number of carbonyl (C=O) groups is 1. The van der Waals surface area contributed by atoms with E-state index in [2.05, 4.69) is 36.7 Å². The normalized spacial score (nSPS) is 17.9. The first-order valence-corrected chi connectivity index (χ1v) is 7.64. The molecule has 1 fully saturated rings. The van der Waals surface area contributed by atoms with Gasteiger partial charge in [0.2, 0.25) is 5.89 Å². The lowest BCUT2D eigenvalue weighted by atomic mass is 10.2. The van der Waals surface area contributed by atoms with Gasteiger partial charge >= 0.3 is 0 Å². The van der Waals surface area contributed by atoms with Gasteiger partial charge in [-0.3, -0.25) is 4.79 Å². The molecule has 0 spiro atoms. The van der Waals surface area contributed by atoms with E-state index in [1.165, 1.54) is 0 Å². The molecule has 3 rings (SSSR count). The fourth-order valence-corrected chi connectivity index (χ4v) is 2.55. The molecule has 2 heterocycles. The highest BCUT2D eigenvalue weighted by molar-refractivity contribution is 9.10. The fraction of sp³-hybridized carbons (Fsp3) is 0.308. The molecule has 2 N–H and O–H groups in total. The smallest absolute Gasteiger partial charge is 0.297 e. The minimum atomic E-state index is -0.429. The Kier molecular flexibility index (Phi) is 4.23. The Morgan fingerprint density at radius 2 is 2.38 bits per heavy atom. The maximum absolute atomic E-state index is 12.1. The highest BCUT2D eigenvalue weighted by Crippen LogP contribution is 2.26. The topological polar surface area (TPSA) is 80.0 Å². The van der Waals surface area contributed by atoms with Crippen molar-refractivity contribution < 1.29 is 9.32 Å². The van der Waals surface area contributed by atoms with E-state index in [9.17, 15) is 4.79 Å². The number of anilines is 1. The molecule has 110 valence electrons. The second kappa shape index (κ2) is 6.13. The molecule has 1 saturated heterocycles. The highest BCUT2D eigenvalue weighted by atomic mass is 79.9. The molecule has 1 aliphatic rings. The predicted molar refractivity (Wildman–Crippen MR) is 81.4 cm³/mol. The summed E-state index contributed by atoms with van der Waals surface area (Å²) >= 11 is 9.27. The first-order chi connectivity index (χ1) is 10.1. The van der Waals surface area contributed by atoms with Gasteiger partial charge in [-0.1, -0.05) is 16.8 Å². The summed E-state index contributed by atoms with van der Waals surface area (Å²) in [6, 6.07) is 5.17. The molecule has 1 amide bonds. The van der Waals surface area contributed by atoms with Crippen LogP contribution in [0.5, 0.6) is 0 Å². The molecule has 1 aliphatic heterocycles. The van der Waals surface area contributed by atoms with Crippen molar-refractivity contribution in [2.75, 3.05) is 11.9 Å². The first-order valence-electron chi connectivity index (χ1n) is 6.47. The molecule has 6 nitrogen and oxygen atoms in total. The molecule has 1 aromatic carbocycles. The van der Waals surface area contributed by atoms with Crippen molar-refractivity contribution in [1.82, 2.24) is 15.5 Å². The number of benzene rings is 1. The number of halogens is 2. The number of hydrogen-bond acceptors (Lipinski definition) is 5. The molecule has 1 unspecified atom stereocenters. The Hall–Kier alpha value is -1.44. The largest absolute Gasteiger partial charge is 0.337 e. The summed E-state index contributed by atoms with van der Waals surface area (Å²) in [5.41, 5.74) is 0.568. The monoisotopic (exact) mass is 370 g/mol. The van der Waals surface area contributed by atoms with Gasteiger partial charge in [-0.25, -0.2) is 0 Å². The van der Waals surface area contributed by atoms with E-state index in [1.54, 1.807) is 18.2 Å². The summed E-state index contributed by atoms with van der Waals surface area (Å²) in [6.45, 7) is 0.923. The van der Waals surface area contributed by atoms with Gasteiger partial charge in [-0.2, -0.15) is 4.98 Å². The van der Waals surface area contributed by atoms with E-state index in [1.807, 2.05) is 0 Å². The summed E-state index contributed by atoms with van der Waals surface area (Å²) in [5, 5.41) is 10.1. The molecule has 0 aliphatic carbocycles. The zero-order chi connectivity index (χ0) is 14.8. The third kappa shape index (κ3) is 3.25. The van der Waals surface area contributed by atoms with Gasteiger partial charge in [-0.15, -0.1) is 0 Å². The lowest BCUT2D eigenvalue weighted by Gasteiger charge is -2.04. The number of nitrogens with one attached hydrogen (secondary N) is 2. The van der Waals surface area contributed by atoms with E-state index >= 15 is 0 Å². The molecular formula is C13H12BrClN4O2. The van der Waals surface area contributed by atoms with Crippen LogP contribution in [0.4, 0.5) is 5.69 Å². The molecular weight excluding hydrogens is 360 g/mol. The SMILES string of the molecule is O=C(Nc1ccc(Br)c(Cl)c1)c1noc(C2CCCN2)n1. The van der Waals surface area contributed by atoms with Crippen LogP contribution in [0, 0.1) is 0 Å². The maximum Gasteiger partial charge on any atom is 0.297 e. The number of carbonyl (C=O) groups excluding carboxylic acids is 1. The molecule has 0 saturated carbocycles. The number of hydrogen-bond donors (Lipinski definition) is 2. The van der Waals surface area contributed by atoms with Crippen LogP contribution in [0.25, 0.3) is 0 Å². The zero-order valence-electron chi connectivity index (χ0n) is 10.9. The van der Waals surface area contributed by atoms with Crippen molar-refractivity contribution >= 4 is 39.1 Å². The van der Waals surface area contributed by atoms with Gasteiger partial charge in [0.25, 0.3) is 11.7 Å². The Labute approximate surface area is 134 Å². The van der Waals surface area contributed by atoms with Crippen molar-refractivity contribution in [2.24, 2.45) is 0 Å². The summed E-state index contributed by atoms with van der Waals surface area (Å²) in [5.74, 6) is 0.0330. The summed E-state index contributed by atoms with van der Waals surface area (Å²) < 4.78 is 5.89. The van der Waals surface area contributed by atoms with Crippen LogP contribution in [-0.2, 0) is 0 Å². The molecule has 0 radical (unpaired) electrons. The molecule has 8 heteroatoms. The van der Waals surface area contributed by atoms with E-state index in [-0.39, 0.29) is 11.9 Å². The van der Waals surface area contributed by atoms with Gasteiger partial charge in [0.1, 0.15) is 0 Å². The van der Waals surface area contributed by atoms with E-state index in [0.717, 1.165) is 23.9 Å². The minimum absolute atomic E-state index is 0.0118. The van der Waals surface area contributed by atoms with Gasteiger partial charge in [0, 0.05) is 10.2 Å². The van der Waals surface area contributed by atoms with Crippen LogP contribution in [0.15, 0.2) is 27.2 Å². The Bertz CT molecular complexity index is 670. The maximum atomic E-state index is 12.1. The standard InChI is InChI=1S/C13H12BrClN4O2/c14-8-4-3-7(6-9(8)15)17-12(20)11-18-13(21-19-11)10-2-1-5-16-10/h3-4,6,10,16H,1-2,5H2,(H,17,20). The molecule has 1 aromatic heterocycles. The van der Waals surface area contributed by atoms with Crippen molar-refractivity contribution in [1.29, 1.82) is 0 Å². The van der Waals surface area contributed by atoms with Gasteiger partial charge in [-0.05, 0) is 53.5 Å². The lowest BCUT2D eigenvalue weighted by molar-refractivity contribution is 0.101. The molecule has 0 bridgehead atoms. The van der Waals surface area contributed by atoms with Gasteiger partial charge in [0.15, 0.2) is 0 Å². The predicted octanol–water partition coefficient (Wildman–Crippen LogP) is 3.16. The third-order valence-corrected chi connectivity index (χ3v) is 4.41. The van der Waals surface area contributed by atoms with Crippen LogP contribution in [0.1, 0.15) is 35.4 Å². The van der Waals surface area contributed by atoms with Crippen LogP contribution in [0.3, 0.4) is 0 Å². The fourth-order valence-electron chi connectivity index (χ4n) is 2.13. The number of nitrogens with zero attached hydrogens (tertiary/aromatic N) is 2. The summed E-state index contributed by atoms with van der Waals surface area (Å²) in [4.78, 5) is 16.2. The van der Waals surface area contributed by atoms with Gasteiger partial charge in [0.05, 0.1) is 11.1 Å².